The van der Waals surface area contributed by atoms with Crippen LogP contribution >= 0.6 is 0 Å². The first kappa shape index (κ1) is 19.0. The zero-order chi connectivity index (χ0) is 19.8. The number of nitrogens with zero attached hydrogens (tertiary/aromatic N) is 4. The molecule has 144 valence electrons. The van der Waals surface area contributed by atoms with Crippen LogP contribution in [0.2, 0.25) is 0 Å². The number of carbonyl (C=O) groups excluding carboxylic acids is 1. The van der Waals surface area contributed by atoms with E-state index in [2.05, 4.69) is 36.1 Å². The van der Waals surface area contributed by atoms with Crippen molar-refractivity contribution in [3.63, 3.8) is 0 Å². The maximum absolute atomic E-state index is 12.0. The molecule has 0 saturated carbocycles. The summed E-state index contributed by atoms with van der Waals surface area (Å²) in [4.78, 5) is 20.3. The van der Waals surface area contributed by atoms with E-state index in [0.717, 1.165) is 5.56 Å². The van der Waals surface area contributed by atoms with Gasteiger partial charge in [0, 0.05) is 31.5 Å². The Labute approximate surface area is 162 Å². The zero-order valence-electron chi connectivity index (χ0n) is 15.6. The Hall–Kier alpha value is -3.75. The van der Waals surface area contributed by atoms with Gasteiger partial charge in [-0.05, 0) is 42.8 Å². The largest absolute Gasteiger partial charge is 0.481 e. The van der Waals surface area contributed by atoms with E-state index in [1.165, 1.54) is 13.3 Å². The third-order valence-corrected chi connectivity index (χ3v) is 3.76. The van der Waals surface area contributed by atoms with Crippen LogP contribution in [-0.2, 0) is 0 Å². The van der Waals surface area contributed by atoms with E-state index >= 15 is 0 Å². The molecule has 3 aromatic heterocycles. The summed E-state index contributed by atoms with van der Waals surface area (Å²) >= 11 is 0. The Morgan fingerprint density at radius 3 is 2.50 bits per heavy atom. The van der Waals surface area contributed by atoms with E-state index in [4.69, 9.17) is 4.74 Å². The first-order chi connectivity index (χ1) is 13.6. The first-order valence-electron chi connectivity index (χ1n) is 8.69. The number of anilines is 3. The average Bonchev–Trinajstić information content (AvgIpc) is 2.72. The van der Waals surface area contributed by atoms with E-state index in [9.17, 15) is 4.79 Å². The first-order valence-corrected chi connectivity index (χ1v) is 8.69. The van der Waals surface area contributed by atoms with Crippen LogP contribution in [0.15, 0.2) is 48.8 Å². The van der Waals surface area contributed by atoms with Gasteiger partial charge < -0.3 is 20.7 Å². The van der Waals surface area contributed by atoms with E-state index in [1.54, 1.807) is 30.5 Å². The summed E-state index contributed by atoms with van der Waals surface area (Å²) in [6, 6.07) is 10.8. The van der Waals surface area contributed by atoms with E-state index in [1.807, 2.05) is 19.1 Å². The Balaban J connectivity index is 1.42. The Bertz CT molecular complexity index is 914. The SMILES string of the molecule is COc1ccc(C(=O)NCCNc2ccc(Nc3cc(C)ccn3)nn2)cn1. The fraction of sp³-hybridized carbons (Fsp3) is 0.211. The summed E-state index contributed by atoms with van der Waals surface area (Å²) in [5.74, 6) is 2.19. The number of amides is 1. The smallest absolute Gasteiger partial charge is 0.252 e. The Morgan fingerprint density at radius 2 is 1.82 bits per heavy atom. The molecule has 3 rings (SSSR count). The van der Waals surface area contributed by atoms with Gasteiger partial charge in [-0.25, -0.2) is 9.97 Å². The average molecular weight is 379 g/mol. The lowest BCUT2D eigenvalue weighted by molar-refractivity contribution is 0.0954. The predicted octanol–water partition coefficient (Wildman–Crippen LogP) is 2.17. The molecule has 0 spiro atoms. The number of hydrogen-bond donors (Lipinski definition) is 3. The molecule has 0 saturated heterocycles. The van der Waals surface area contributed by atoms with Crippen molar-refractivity contribution in [2.24, 2.45) is 0 Å². The highest BCUT2D eigenvalue weighted by molar-refractivity contribution is 5.93. The minimum absolute atomic E-state index is 0.201. The molecule has 0 atom stereocenters. The van der Waals surface area contributed by atoms with Gasteiger partial charge in [-0.15, -0.1) is 10.2 Å². The maximum Gasteiger partial charge on any atom is 0.252 e. The molecule has 3 heterocycles. The molecule has 0 unspecified atom stereocenters. The topological polar surface area (TPSA) is 114 Å². The predicted molar refractivity (Wildman–Crippen MR) is 106 cm³/mol. The quantitative estimate of drug-likeness (QED) is 0.510. The standard InChI is InChI=1S/C19H21N7O2/c1-13-7-8-20-17(11-13)24-16-5-4-15(25-26-16)21-9-10-22-19(27)14-3-6-18(28-2)23-12-14/h3-8,11-12H,9-10H2,1-2H3,(H,21,25)(H,22,27)(H,20,24,26). The van der Waals surface area contributed by atoms with Gasteiger partial charge in [-0.1, -0.05) is 0 Å². The number of hydrogen-bond acceptors (Lipinski definition) is 8. The molecule has 9 heteroatoms. The second-order valence-corrected chi connectivity index (χ2v) is 5.92. The molecule has 0 aliphatic carbocycles. The molecule has 9 nitrogen and oxygen atoms in total. The van der Waals surface area contributed by atoms with Crippen molar-refractivity contribution in [1.29, 1.82) is 0 Å². The normalized spacial score (nSPS) is 10.2. The van der Waals surface area contributed by atoms with Crippen LogP contribution in [0, 0.1) is 6.92 Å². The number of aromatic nitrogens is 4. The van der Waals surface area contributed by atoms with Crippen LogP contribution in [0.5, 0.6) is 5.88 Å². The summed E-state index contributed by atoms with van der Waals surface area (Å²) in [5, 5.41) is 17.2. The summed E-state index contributed by atoms with van der Waals surface area (Å²) in [7, 11) is 1.53. The molecule has 3 aromatic rings. The lowest BCUT2D eigenvalue weighted by atomic mass is 10.2. The van der Waals surface area contributed by atoms with Crippen LogP contribution in [0.1, 0.15) is 15.9 Å². The third kappa shape index (κ3) is 5.37. The third-order valence-electron chi connectivity index (χ3n) is 3.76. The van der Waals surface area contributed by atoms with Crippen molar-refractivity contribution in [2.45, 2.75) is 6.92 Å². The molecule has 28 heavy (non-hydrogen) atoms. The molecule has 0 fully saturated rings. The highest BCUT2D eigenvalue weighted by Gasteiger charge is 2.06. The van der Waals surface area contributed by atoms with Gasteiger partial charge in [-0.2, -0.15) is 0 Å². The molecule has 0 radical (unpaired) electrons. The van der Waals surface area contributed by atoms with Crippen molar-refractivity contribution in [3.05, 3.63) is 59.9 Å². The van der Waals surface area contributed by atoms with Gasteiger partial charge in [0.25, 0.3) is 5.91 Å². The van der Waals surface area contributed by atoms with Gasteiger partial charge in [0.15, 0.2) is 5.82 Å². The van der Waals surface area contributed by atoms with Gasteiger partial charge in [0.2, 0.25) is 5.88 Å². The lowest BCUT2D eigenvalue weighted by Crippen LogP contribution is -2.29. The van der Waals surface area contributed by atoms with Crippen molar-refractivity contribution < 1.29 is 9.53 Å². The maximum atomic E-state index is 12.0. The second kappa shape index (κ2) is 9.26. The van der Waals surface area contributed by atoms with Crippen molar-refractivity contribution in [3.8, 4) is 5.88 Å². The van der Waals surface area contributed by atoms with Crippen LogP contribution < -0.4 is 20.7 Å². The molecular weight excluding hydrogens is 358 g/mol. The molecule has 0 bridgehead atoms. The monoisotopic (exact) mass is 379 g/mol. The fourth-order valence-corrected chi connectivity index (χ4v) is 2.33. The van der Waals surface area contributed by atoms with Crippen LogP contribution in [-0.4, -0.2) is 46.3 Å². The van der Waals surface area contributed by atoms with Crippen molar-refractivity contribution >= 4 is 23.4 Å². The van der Waals surface area contributed by atoms with E-state index in [0.29, 0.717) is 42.0 Å². The van der Waals surface area contributed by atoms with Gasteiger partial charge >= 0.3 is 0 Å². The fourth-order valence-electron chi connectivity index (χ4n) is 2.33. The van der Waals surface area contributed by atoms with Crippen LogP contribution in [0.4, 0.5) is 17.5 Å². The summed E-state index contributed by atoms with van der Waals surface area (Å²) in [5.41, 5.74) is 1.58. The minimum atomic E-state index is -0.201. The van der Waals surface area contributed by atoms with Gasteiger partial charge in [-0.3, -0.25) is 4.79 Å². The highest BCUT2D eigenvalue weighted by Crippen LogP contribution is 2.13. The van der Waals surface area contributed by atoms with Crippen LogP contribution in [0.3, 0.4) is 0 Å². The summed E-state index contributed by atoms with van der Waals surface area (Å²) in [6.07, 6.45) is 3.21. The Kier molecular flexibility index (Phi) is 6.29. The minimum Gasteiger partial charge on any atom is -0.481 e. The molecule has 0 aliphatic heterocycles. The van der Waals surface area contributed by atoms with E-state index < -0.39 is 0 Å². The van der Waals surface area contributed by atoms with Crippen LogP contribution in [0.25, 0.3) is 0 Å². The molecular formula is C19H21N7O2. The zero-order valence-corrected chi connectivity index (χ0v) is 15.6. The summed E-state index contributed by atoms with van der Waals surface area (Å²) in [6.45, 7) is 2.94. The van der Waals surface area contributed by atoms with Crippen molar-refractivity contribution in [2.75, 3.05) is 30.8 Å². The molecule has 0 aliphatic rings. The molecule has 3 N–H and O–H groups in total. The number of nitrogens with one attached hydrogen (secondary N) is 3. The Morgan fingerprint density at radius 1 is 1.00 bits per heavy atom. The van der Waals surface area contributed by atoms with Gasteiger partial charge in [0.05, 0.1) is 12.7 Å². The lowest BCUT2D eigenvalue weighted by Gasteiger charge is -2.08. The molecule has 1 amide bonds. The second-order valence-electron chi connectivity index (χ2n) is 5.92. The summed E-state index contributed by atoms with van der Waals surface area (Å²) < 4.78 is 4.97. The highest BCUT2D eigenvalue weighted by atomic mass is 16.5. The molecule has 0 aromatic carbocycles. The number of pyridine rings is 2. The van der Waals surface area contributed by atoms with Gasteiger partial charge in [0.1, 0.15) is 11.6 Å². The van der Waals surface area contributed by atoms with Crippen molar-refractivity contribution in [1.82, 2.24) is 25.5 Å². The number of methoxy groups -OCH3 is 1. The van der Waals surface area contributed by atoms with E-state index in [-0.39, 0.29) is 5.91 Å². The number of carbonyl (C=O) groups is 1. The number of rotatable bonds is 8. The number of aryl methyl sites for hydroxylation is 1. The number of ether oxygens (including phenoxy) is 1.